The van der Waals surface area contributed by atoms with Crippen LogP contribution in [-0.2, 0) is 14.3 Å². The number of nitrogens with zero attached hydrogens (tertiary/aromatic N) is 2. The molecule has 0 spiro atoms. The van der Waals surface area contributed by atoms with Gasteiger partial charge < -0.3 is 4.74 Å². The summed E-state index contributed by atoms with van der Waals surface area (Å²) in [4.78, 5) is 61.4. The normalized spacial score (nSPS) is 19.6. The number of anilines is 1. The minimum Gasteiger partial charge on any atom is -0.454 e. The van der Waals surface area contributed by atoms with E-state index >= 15 is 0 Å². The zero-order chi connectivity index (χ0) is 22.8. The second-order valence-corrected chi connectivity index (χ2v) is 7.52. The first-order valence-electron chi connectivity index (χ1n) is 9.94. The topological polar surface area (TPSA) is 124 Å². The monoisotopic (exact) mass is 434 g/mol. The van der Waals surface area contributed by atoms with E-state index in [1.165, 1.54) is 42.5 Å². The van der Waals surface area contributed by atoms with Gasteiger partial charge in [-0.2, -0.15) is 0 Å². The van der Waals surface area contributed by atoms with Crippen molar-refractivity contribution in [3.05, 3.63) is 81.9 Å². The van der Waals surface area contributed by atoms with Gasteiger partial charge in [-0.3, -0.25) is 29.4 Å². The first kappa shape index (κ1) is 21.1. The highest BCUT2D eigenvalue weighted by Crippen LogP contribution is 2.37. The lowest BCUT2D eigenvalue weighted by Gasteiger charge is -2.15. The van der Waals surface area contributed by atoms with Crippen molar-refractivity contribution in [2.75, 3.05) is 11.5 Å². The van der Waals surface area contributed by atoms with Crippen LogP contribution in [0.4, 0.5) is 11.4 Å². The van der Waals surface area contributed by atoms with Crippen LogP contribution in [0.15, 0.2) is 60.7 Å². The molecule has 162 valence electrons. The van der Waals surface area contributed by atoms with Gasteiger partial charge in [0.2, 0.25) is 11.8 Å². The Balaban J connectivity index is 1.43. The van der Waals surface area contributed by atoms with Crippen molar-refractivity contribution in [2.24, 2.45) is 11.8 Å². The van der Waals surface area contributed by atoms with E-state index in [0.717, 1.165) is 4.90 Å². The van der Waals surface area contributed by atoms with Crippen LogP contribution >= 0.6 is 0 Å². The van der Waals surface area contributed by atoms with Crippen LogP contribution in [-0.4, -0.2) is 35.1 Å². The van der Waals surface area contributed by atoms with Gasteiger partial charge in [0.1, 0.15) is 0 Å². The number of nitro benzene ring substituents is 1. The molecule has 32 heavy (non-hydrogen) atoms. The number of carbonyl (C=O) groups is 4. The Morgan fingerprint density at radius 1 is 0.969 bits per heavy atom. The van der Waals surface area contributed by atoms with Gasteiger partial charge in [-0.15, -0.1) is 0 Å². The summed E-state index contributed by atoms with van der Waals surface area (Å²) < 4.78 is 5.07. The smallest absolute Gasteiger partial charge is 0.338 e. The number of esters is 1. The second-order valence-electron chi connectivity index (χ2n) is 7.52. The highest BCUT2D eigenvalue weighted by Gasteiger charge is 2.47. The van der Waals surface area contributed by atoms with Crippen LogP contribution < -0.4 is 4.90 Å². The van der Waals surface area contributed by atoms with Crippen molar-refractivity contribution >= 4 is 34.9 Å². The number of hydrogen-bond donors (Lipinski definition) is 0. The summed E-state index contributed by atoms with van der Waals surface area (Å²) in [5.41, 5.74) is 0.386. The molecule has 2 amide bonds. The molecule has 2 aliphatic rings. The fourth-order valence-electron chi connectivity index (χ4n) is 3.89. The van der Waals surface area contributed by atoms with Crippen molar-refractivity contribution in [1.29, 1.82) is 0 Å². The van der Waals surface area contributed by atoms with Gasteiger partial charge in [-0.1, -0.05) is 18.2 Å². The van der Waals surface area contributed by atoms with Gasteiger partial charge in [0.15, 0.2) is 12.4 Å². The molecule has 0 bridgehead atoms. The molecule has 0 saturated carbocycles. The van der Waals surface area contributed by atoms with Crippen LogP contribution in [0.25, 0.3) is 0 Å². The average Bonchev–Trinajstić information content (AvgIpc) is 3.07. The fraction of sp³-hybridized carbons (Fsp3) is 0.217. The molecule has 1 fully saturated rings. The van der Waals surface area contributed by atoms with E-state index in [-0.39, 0.29) is 46.2 Å². The van der Waals surface area contributed by atoms with E-state index in [0.29, 0.717) is 12.8 Å². The largest absolute Gasteiger partial charge is 0.454 e. The van der Waals surface area contributed by atoms with Crippen molar-refractivity contribution in [2.45, 2.75) is 12.8 Å². The van der Waals surface area contributed by atoms with Crippen molar-refractivity contribution in [1.82, 2.24) is 0 Å². The van der Waals surface area contributed by atoms with Crippen molar-refractivity contribution in [3.63, 3.8) is 0 Å². The van der Waals surface area contributed by atoms with E-state index in [4.69, 9.17) is 4.74 Å². The Labute approximate surface area is 182 Å². The van der Waals surface area contributed by atoms with Crippen LogP contribution in [0.1, 0.15) is 33.6 Å². The number of nitro groups is 1. The number of carbonyl (C=O) groups excluding carboxylic acids is 4. The number of ketones is 1. The number of Topliss-reactive ketones (excluding diaryl/α,β-unsaturated/α-hetero) is 1. The standard InChI is InChI=1S/C23H18N2O7/c26-20(14-8-10-16(11-9-14)25(30)31)13-32-23(29)15-4-3-5-17(12-15)24-21(27)18-6-1-2-7-19(18)22(24)28/h1-5,8-12,18-19H,6-7,13H2/t18-,19-/m0/s1. The number of rotatable bonds is 6. The molecule has 0 radical (unpaired) electrons. The third-order valence-electron chi connectivity index (χ3n) is 5.58. The molecule has 0 N–H and O–H groups in total. The van der Waals surface area contributed by atoms with E-state index in [1.807, 2.05) is 12.2 Å². The average molecular weight is 434 g/mol. The minimum absolute atomic E-state index is 0.0904. The molecule has 0 unspecified atom stereocenters. The molecular formula is C23H18N2O7. The maximum Gasteiger partial charge on any atom is 0.338 e. The van der Waals surface area contributed by atoms with Crippen LogP contribution in [0.3, 0.4) is 0 Å². The number of non-ortho nitro benzene ring substituents is 1. The van der Waals surface area contributed by atoms with E-state index in [2.05, 4.69) is 0 Å². The quantitative estimate of drug-likeness (QED) is 0.171. The molecule has 2 aromatic carbocycles. The first-order chi connectivity index (χ1) is 15.4. The minimum atomic E-state index is -0.791. The molecule has 9 nitrogen and oxygen atoms in total. The zero-order valence-corrected chi connectivity index (χ0v) is 16.8. The van der Waals surface area contributed by atoms with Crippen LogP contribution in [0.5, 0.6) is 0 Å². The Bertz CT molecular complexity index is 1130. The van der Waals surface area contributed by atoms with Crippen LogP contribution in [0, 0.1) is 22.0 Å². The number of imide groups is 1. The summed E-state index contributed by atoms with van der Waals surface area (Å²) in [6.07, 6.45) is 4.81. The third-order valence-corrected chi connectivity index (χ3v) is 5.58. The van der Waals surface area contributed by atoms with Gasteiger partial charge in [-0.05, 0) is 43.2 Å². The second kappa shape index (κ2) is 8.54. The highest BCUT2D eigenvalue weighted by atomic mass is 16.6. The number of ether oxygens (including phenoxy) is 1. The van der Waals surface area contributed by atoms with Gasteiger partial charge in [0, 0.05) is 17.7 Å². The molecule has 2 aromatic rings. The summed E-state index contributed by atoms with van der Waals surface area (Å²) >= 11 is 0. The Kier molecular flexibility index (Phi) is 5.63. The predicted molar refractivity (Wildman–Crippen MR) is 112 cm³/mol. The molecule has 1 heterocycles. The number of amides is 2. The summed E-state index contributed by atoms with van der Waals surface area (Å²) in [5, 5.41) is 10.7. The number of hydrogen-bond acceptors (Lipinski definition) is 7. The maximum atomic E-state index is 12.7. The van der Waals surface area contributed by atoms with Crippen molar-refractivity contribution in [3.8, 4) is 0 Å². The maximum absolute atomic E-state index is 12.7. The molecule has 1 aliphatic heterocycles. The molecule has 1 saturated heterocycles. The molecular weight excluding hydrogens is 416 g/mol. The number of allylic oxidation sites excluding steroid dienone is 2. The van der Waals surface area contributed by atoms with Gasteiger partial charge in [0.25, 0.3) is 5.69 Å². The lowest BCUT2D eigenvalue weighted by Crippen LogP contribution is -2.31. The molecule has 1 aliphatic carbocycles. The van der Waals surface area contributed by atoms with Crippen LogP contribution in [0.2, 0.25) is 0 Å². The highest BCUT2D eigenvalue weighted by molar-refractivity contribution is 6.22. The summed E-state index contributed by atoms with van der Waals surface area (Å²) in [6.45, 7) is -0.557. The predicted octanol–water partition coefficient (Wildman–Crippen LogP) is 3.09. The zero-order valence-electron chi connectivity index (χ0n) is 16.8. The van der Waals surface area contributed by atoms with E-state index < -0.39 is 23.3 Å². The molecule has 2 atom stereocenters. The SMILES string of the molecule is O=C(COC(=O)c1cccc(N2C(=O)[C@H]3CC=CC[C@@H]3C2=O)c1)c1ccc([N+](=O)[O-])cc1. The molecule has 4 rings (SSSR count). The fourth-order valence-corrected chi connectivity index (χ4v) is 3.89. The Morgan fingerprint density at radius 2 is 1.59 bits per heavy atom. The first-order valence-corrected chi connectivity index (χ1v) is 9.94. The van der Waals surface area contributed by atoms with Crippen molar-refractivity contribution < 1.29 is 28.8 Å². The third kappa shape index (κ3) is 3.92. The Hall–Kier alpha value is -4.14. The van der Waals surface area contributed by atoms with Gasteiger partial charge in [0.05, 0.1) is 28.0 Å². The van der Waals surface area contributed by atoms with Gasteiger partial charge >= 0.3 is 5.97 Å². The lowest BCUT2D eigenvalue weighted by atomic mass is 9.85. The number of fused-ring (bicyclic) bond motifs is 1. The van der Waals surface area contributed by atoms with Gasteiger partial charge in [-0.25, -0.2) is 4.79 Å². The summed E-state index contributed by atoms with van der Waals surface area (Å²) in [5.74, 6) is -2.66. The lowest BCUT2D eigenvalue weighted by molar-refractivity contribution is -0.384. The number of benzene rings is 2. The molecule has 0 aromatic heterocycles. The van der Waals surface area contributed by atoms with E-state index in [1.54, 1.807) is 6.07 Å². The van der Waals surface area contributed by atoms with E-state index in [9.17, 15) is 29.3 Å². The summed E-state index contributed by atoms with van der Waals surface area (Å²) in [7, 11) is 0. The Morgan fingerprint density at radius 3 is 2.19 bits per heavy atom. The summed E-state index contributed by atoms with van der Waals surface area (Å²) in [6, 6.07) is 10.9. The molecule has 9 heteroatoms.